The lowest BCUT2D eigenvalue weighted by molar-refractivity contribution is 0.381. The molecule has 0 aliphatic rings. The van der Waals surface area contributed by atoms with Crippen LogP contribution in [0.3, 0.4) is 0 Å². The van der Waals surface area contributed by atoms with Crippen LogP contribution in [0.25, 0.3) is 0 Å². The quantitative estimate of drug-likeness (QED) is 0.271. The van der Waals surface area contributed by atoms with Crippen molar-refractivity contribution in [1.82, 2.24) is 0 Å². The highest BCUT2D eigenvalue weighted by Crippen LogP contribution is 2.05. The van der Waals surface area contributed by atoms with E-state index < -0.39 is 10.4 Å². The second-order valence-electron chi connectivity index (χ2n) is 3.64. The monoisotopic (exact) mass is 428 g/mol. The molecule has 0 aliphatic carbocycles. The molecule has 0 aromatic heterocycles. The Morgan fingerprint density at radius 2 is 0.957 bits per heavy atom. The second kappa shape index (κ2) is 25.4. The molecule has 0 amide bonds. The maximum atomic E-state index is 8.74. The lowest BCUT2D eigenvalue weighted by atomic mass is 10.8. The van der Waals surface area contributed by atoms with Crippen LogP contribution in [0.15, 0.2) is 0 Å². The minimum atomic E-state index is -4.67. The topological polar surface area (TPSA) is 127 Å². The maximum absolute atomic E-state index is 8.74. The lowest BCUT2D eigenvalue weighted by Gasteiger charge is -1.96. The third-order valence-corrected chi connectivity index (χ3v) is 6.03. The number of hydrogen-bond acceptors (Lipinski definition) is 8. The van der Waals surface area contributed by atoms with Crippen LogP contribution in [0.1, 0.15) is 13.8 Å². The fourth-order valence-electron chi connectivity index (χ4n) is 0.895. The third kappa shape index (κ3) is 59.9. The highest BCUT2D eigenvalue weighted by molar-refractivity contribution is 8.03. The van der Waals surface area contributed by atoms with Gasteiger partial charge in [0.1, 0.15) is 0 Å². The highest BCUT2D eigenvalue weighted by atomic mass is 32.3. The van der Waals surface area contributed by atoms with Gasteiger partial charge in [-0.2, -0.15) is 55.5 Å². The van der Waals surface area contributed by atoms with Crippen molar-refractivity contribution in [1.29, 1.82) is 0 Å². The molecule has 0 rings (SSSR count). The van der Waals surface area contributed by atoms with E-state index in [1.54, 1.807) is 0 Å². The van der Waals surface area contributed by atoms with Crippen molar-refractivity contribution in [3.05, 3.63) is 0 Å². The Morgan fingerprint density at radius 3 is 1.17 bits per heavy atom. The summed E-state index contributed by atoms with van der Waals surface area (Å²) in [6.45, 7) is 6.03. The average molecular weight is 429 g/mol. The standard InChI is InChI=1S/2C6H15NS2.H2O4S/c2*1-2-8-5-6-9-4-3-7;1-5(2,3)4/h2*2-7H2,1H3;(H2,1,2,3,4). The first kappa shape index (κ1) is 29.0. The van der Waals surface area contributed by atoms with Gasteiger partial charge >= 0.3 is 10.4 Å². The first-order chi connectivity index (χ1) is 10.8. The number of hydrogen-bond donors (Lipinski definition) is 4. The van der Waals surface area contributed by atoms with E-state index in [9.17, 15) is 0 Å². The van der Waals surface area contributed by atoms with Crippen molar-refractivity contribution >= 4 is 57.4 Å². The van der Waals surface area contributed by atoms with Crippen molar-refractivity contribution in [2.45, 2.75) is 13.8 Å². The molecule has 0 aromatic carbocycles. The molecule has 0 bridgehead atoms. The van der Waals surface area contributed by atoms with Crippen LogP contribution in [0.5, 0.6) is 0 Å². The van der Waals surface area contributed by atoms with Crippen molar-refractivity contribution in [2.24, 2.45) is 11.5 Å². The summed E-state index contributed by atoms with van der Waals surface area (Å²) in [6.07, 6.45) is 0. The summed E-state index contributed by atoms with van der Waals surface area (Å²) < 4.78 is 31.6. The average Bonchev–Trinajstić information content (AvgIpc) is 2.46. The predicted molar refractivity (Wildman–Crippen MR) is 113 cm³/mol. The summed E-state index contributed by atoms with van der Waals surface area (Å²) in [5.74, 6) is 9.79. The van der Waals surface area contributed by atoms with Gasteiger partial charge in [0.25, 0.3) is 0 Å². The number of rotatable bonds is 12. The molecule has 0 saturated heterocycles. The van der Waals surface area contributed by atoms with E-state index in [-0.39, 0.29) is 0 Å². The van der Waals surface area contributed by atoms with Crippen LogP contribution in [-0.2, 0) is 10.4 Å². The van der Waals surface area contributed by atoms with Crippen molar-refractivity contribution in [2.75, 3.05) is 59.1 Å². The molecule has 0 fully saturated rings. The van der Waals surface area contributed by atoms with Crippen LogP contribution in [0.4, 0.5) is 0 Å². The van der Waals surface area contributed by atoms with E-state index >= 15 is 0 Å². The molecular formula is C12H32N2O4S5. The molecule has 0 aromatic rings. The first-order valence-electron chi connectivity index (χ1n) is 7.24. The second-order valence-corrected chi connectivity index (χ2v) is 9.78. The van der Waals surface area contributed by atoms with Crippen molar-refractivity contribution in [3.63, 3.8) is 0 Å². The molecule has 0 spiro atoms. The van der Waals surface area contributed by atoms with Gasteiger partial charge in [0.15, 0.2) is 0 Å². The van der Waals surface area contributed by atoms with Gasteiger partial charge in [-0.05, 0) is 11.5 Å². The van der Waals surface area contributed by atoms with E-state index in [2.05, 4.69) is 13.8 Å². The fourth-order valence-corrected chi connectivity index (χ4v) is 4.10. The van der Waals surface area contributed by atoms with Crippen LogP contribution in [-0.4, -0.2) is 76.6 Å². The summed E-state index contributed by atoms with van der Waals surface area (Å²) in [7, 11) is -4.67. The molecule has 0 unspecified atom stereocenters. The molecule has 0 radical (unpaired) electrons. The third-order valence-electron chi connectivity index (χ3n) is 1.68. The summed E-state index contributed by atoms with van der Waals surface area (Å²) >= 11 is 7.89. The molecule has 0 heterocycles. The van der Waals surface area contributed by atoms with Crippen LogP contribution < -0.4 is 11.5 Å². The molecule has 23 heavy (non-hydrogen) atoms. The largest absolute Gasteiger partial charge is 0.394 e. The van der Waals surface area contributed by atoms with Crippen LogP contribution in [0.2, 0.25) is 0 Å². The number of nitrogens with two attached hydrogens (primary N) is 2. The van der Waals surface area contributed by atoms with Crippen molar-refractivity contribution in [3.8, 4) is 0 Å². The minimum absolute atomic E-state index is 0.821. The van der Waals surface area contributed by atoms with E-state index in [4.69, 9.17) is 29.0 Å². The zero-order chi connectivity index (χ0) is 18.4. The molecule has 6 N–H and O–H groups in total. The van der Waals surface area contributed by atoms with Gasteiger partial charge in [0.05, 0.1) is 0 Å². The Kier molecular flexibility index (Phi) is 32.0. The Labute approximate surface area is 159 Å². The van der Waals surface area contributed by atoms with Gasteiger partial charge in [-0.3, -0.25) is 9.11 Å². The van der Waals surface area contributed by atoms with E-state index in [0.717, 1.165) is 24.6 Å². The first-order valence-corrected chi connectivity index (χ1v) is 13.3. The SMILES string of the molecule is CCSCCSCCN.CCSCCSCCN.O=S(=O)(O)O. The van der Waals surface area contributed by atoms with Gasteiger partial charge in [-0.15, -0.1) is 0 Å². The highest BCUT2D eigenvalue weighted by Gasteiger charge is 1.86. The Hall–Kier alpha value is 1.19. The summed E-state index contributed by atoms with van der Waals surface area (Å²) in [5, 5.41) is 0. The summed E-state index contributed by atoms with van der Waals surface area (Å²) in [6, 6.07) is 0. The zero-order valence-corrected chi connectivity index (χ0v) is 18.1. The van der Waals surface area contributed by atoms with Gasteiger partial charge in [-0.1, -0.05) is 13.8 Å². The van der Waals surface area contributed by atoms with E-state index in [0.29, 0.717) is 0 Å². The lowest BCUT2D eigenvalue weighted by Crippen LogP contribution is -2.02. The minimum Gasteiger partial charge on any atom is -0.330 e. The number of thioether (sulfide) groups is 4. The van der Waals surface area contributed by atoms with E-state index in [1.165, 1.54) is 34.5 Å². The molecule has 0 saturated carbocycles. The van der Waals surface area contributed by atoms with E-state index in [1.807, 2.05) is 47.0 Å². The predicted octanol–water partition coefficient (Wildman–Crippen LogP) is 2.21. The molecule has 0 atom stereocenters. The Bertz CT molecular complexity index is 261. The van der Waals surface area contributed by atoms with Gasteiger partial charge in [0, 0.05) is 47.6 Å². The summed E-state index contributed by atoms with van der Waals surface area (Å²) in [4.78, 5) is 0. The van der Waals surface area contributed by atoms with Gasteiger partial charge < -0.3 is 11.5 Å². The fraction of sp³-hybridized carbons (Fsp3) is 1.00. The zero-order valence-electron chi connectivity index (χ0n) is 14.0. The maximum Gasteiger partial charge on any atom is 0.394 e. The van der Waals surface area contributed by atoms with Crippen LogP contribution >= 0.6 is 47.0 Å². The molecular weight excluding hydrogens is 396 g/mol. The van der Waals surface area contributed by atoms with Crippen LogP contribution in [0, 0.1) is 0 Å². The molecule has 0 aliphatic heterocycles. The Morgan fingerprint density at radius 1 is 0.696 bits per heavy atom. The smallest absolute Gasteiger partial charge is 0.330 e. The normalized spacial score (nSPS) is 10.3. The molecule has 144 valence electrons. The van der Waals surface area contributed by atoms with Crippen molar-refractivity contribution < 1.29 is 17.5 Å². The van der Waals surface area contributed by atoms with Gasteiger partial charge in [-0.25, -0.2) is 0 Å². The molecule has 6 nitrogen and oxygen atoms in total. The van der Waals surface area contributed by atoms with Gasteiger partial charge in [0.2, 0.25) is 0 Å². The Balaban J connectivity index is -0.000000273. The molecule has 11 heteroatoms. The summed E-state index contributed by atoms with van der Waals surface area (Å²) in [5.41, 5.74) is 10.6.